The molecule has 9 heteroatoms. The molecule has 7 nitrogen and oxygen atoms in total. The summed E-state index contributed by atoms with van der Waals surface area (Å²) in [6, 6.07) is 4.97. The zero-order valence-electron chi connectivity index (χ0n) is 10.3. The third kappa shape index (κ3) is 3.12. The first kappa shape index (κ1) is 14.4. The highest BCUT2D eigenvalue weighted by molar-refractivity contribution is 7.90. The van der Waals surface area contributed by atoms with Crippen molar-refractivity contribution < 1.29 is 16.8 Å². The predicted molar refractivity (Wildman–Crippen MR) is 69.7 cm³/mol. The number of sulfonamides is 2. The molecule has 0 atom stereocenters. The second-order valence-corrected chi connectivity index (χ2v) is 7.76. The smallest absolute Gasteiger partial charge is 0.240 e. The lowest BCUT2D eigenvalue weighted by Gasteiger charge is -2.27. The van der Waals surface area contributed by atoms with E-state index in [4.69, 9.17) is 0 Å². The topological polar surface area (TPSA) is 104 Å². The van der Waals surface area contributed by atoms with Gasteiger partial charge in [0, 0.05) is 19.1 Å². The molecule has 1 saturated heterocycles. The van der Waals surface area contributed by atoms with Gasteiger partial charge in [0.05, 0.1) is 9.79 Å². The van der Waals surface area contributed by atoms with Crippen LogP contribution in [0.2, 0.25) is 0 Å². The molecule has 0 spiro atoms. The van der Waals surface area contributed by atoms with Gasteiger partial charge < -0.3 is 5.32 Å². The predicted octanol–water partition coefficient (Wildman–Crippen LogP) is -1.16. The number of hydrogen-bond donors (Lipinski definition) is 3. The van der Waals surface area contributed by atoms with E-state index >= 15 is 0 Å². The highest BCUT2D eigenvalue weighted by atomic mass is 32.2. The van der Waals surface area contributed by atoms with Crippen LogP contribution in [-0.2, 0) is 20.0 Å². The normalized spacial score (nSPS) is 17.1. The molecule has 19 heavy (non-hydrogen) atoms. The molecule has 1 aliphatic heterocycles. The summed E-state index contributed by atoms with van der Waals surface area (Å²) in [6.45, 7) is 1.21. The minimum atomic E-state index is -3.59. The van der Waals surface area contributed by atoms with Crippen LogP contribution >= 0.6 is 0 Å². The number of hydrogen-bond acceptors (Lipinski definition) is 5. The van der Waals surface area contributed by atoms with E-state index < -0.39 is 20.0 Å². The Morgan fingerprint density at radius 3 is 1.84 bits per heavy atom. The minimum Gasteiger partial charge on any atom is -0.313 e. The molecule has 0 bridgehead atoms. The van der Waals surface area contributed by atoms with E-state index in [9.17, 15) is 16.8 Å². The molecule has 1 heterocycles. The van der Waals surface area contributed by atoms with Crippen molar-refractivity contribution in [2.45, 2.75) is 15.8 Å². The summed E-state index contributed by atoms with van der Waals surface area (Å²) in [6.07, 6.45) is 0. The van der Waals surface area contributed by atoms with Gasteiger partial charge in [0.1, 0.15) is 0 Å². The lowest BCUT2D eigenvalue weighted by atomic mass is 10.2. The summed E-state index contributed by atoms with van der Waals surface area (Å²) in [5.41, 5.74) is 0. The molecular weight excluding hydrogens is 290 g/mol. The molecule has 0 saturated carbocycles. The molecule has 0 aromatic heterocycles. The van der Waals surface area contributed by atoms with E-state index in [1.54, 1.807) is 0 Å². The van der Waals surface area contributed by atoms with Crippen LogP contribution in [0.3, 0.4) is 0 Å². The van der Waals surface area contributed by atoms with Crippen LogP contribution in [0.1, 0.15) is 0 Å². The fourth-order valence-electron chi connectivity index (χ4n) is 1.58. The molecule has 0 unspecified atom stereocenters. The van der Waals surface area contributed by atoms with Crippen molar-refractivity contribution in [2.24, 2.45) is 0 Å². The van der Waals surface area contributed by atoms with Crippen LogP contribution in [0.5, 0.6) is 0 Å². The van der Waals surface area contributed by atoms with Gasteiger partial charge >= 0.3 is 0 Å². The van der Waals surface area contributed by atoms with E-state index in [0.717, 1.165) is 0 Å². The van der Waals surface area contributed by atoms with Gasteiger partial charge in [0.15, 0.2) is 0 Å². The van der Waals surface area contributed by atoms with E-state index in [2.05, 4.69) is 14.8 Å². The average molecular weight is 305 g/mol. The van der Waals surface area contributed by atoms with Crippen molar-refractivity contribution in [3.63, 3.8) is 0 Å². The van der Waals surface area contributed by atoms with Crippen LogP contribution in [0.4, 0.5) is 0 Å². The van der Waals surface area contributed by atoms with Crippen LogP contribution in [0.15, 0.2) is 34.1 Å². The van der Waals surface area contributed by atoms with Gasteiger partial charge in [-0.2, -0.15) is 0 Å². The lowest BCUT2D eigenvalue weighted by molar-refractivity contribution is 0.410. The summed E-state index contributed by atoms with van der Waals surface area (Å²) in [7, 11) is -5.85. The Balaban J connectivity index is 2.22. The summed E-state index contributed by atoms with van der Waals surface area (Å²) in [5, 5.41) is 2.96. The van der Waals surface area contributed by atoms with Gasteiger partial charge in [-0.15, -0.1) is 0 Å². The second-order valence-electron chi connectivity index (χ2n) is 4.16. The molecule has 0 amide bonds. The molecule has 1 fully saturated rings. The van der Waals surface area contributed by atoms with Gasteiger partial charge in [-0.25, -0.2) is 26.3 Å². The zero-order chi connectivity index (χ0) is 14.1. The molecule has 106 valence electrons. The molecule has 0 aliphatic carbocycles. The van der Waals surface area contributed by atoms with Gasteiger partial charge in [-0.3, -0.25) is 0 Å². The maximum atomic E-state index is 12.0. The molecule has 1 aromatic carbocycles. The van der Waals surface area contributed by atoms with Crippen LogP contribution in [-0.4, -0.2) is 43.0 Å². The monoisotopic (exact) mass is 305 g/mol. The Kier molecular flexibility index (Phi) is 3.92. The summed E-state index contributed by atoms with van der Waals surface area (Å²) in [5.74, 6) is 0. The van der Waals surface area contributed by atoms with E-state index in [-0.39, 0.29) is 15.8 Å². The SMILES string of the molecule is CNS(=O)(=O)c1ccc(S(=O)(=O)NC2CNC2)cc1. The maximum absolute atomic E-state index is 12.0. The van der Waals surface area contributed by atoms with Crippen LogP contribution in [0, 0.1) is 0 Å². The number of rotatable bonds is 5. The first-order chi connectivity index (χ1) is 8.85. The Morgan fingerprint density at radius 2 is 1.47 bits per heavy atom. The number of benzene rings is 1. The lowest BCUT2D eigenvalue weighted by Crippen LogP contribution is -2.56. The largest absolute Gasteiger partial charge is 0.313 e. The summed E-state index contributed by atoms with van der Waals surface area (Å²) in [4.78, 5) is 0.0775. The average Bonchev–Trinajstić information content (AvgIpc) is 2.34. The highest BCUT2D eigenvalue weighted by Gasteiger charge is 2.24. The maximum Gasteiger partial charge on any atom is 0.240 e. The van der Waals surface area contributed by atoms with Crippen molar-refractivity contribution in [1.82, 2.24) is 14.8 Å². The van der Waals surface area contributed by atoms with Crippen molar-refractivity contribution in [2.75, 3.05) is 20.1 Å². The van der Waals surface area contributed by atoms with Crippen molar-refractivity contribution in [1.29, 1.82) is 0 Å². The van der Waals surface area contributed by atoms with Crippen molar-refractivity contribution >= 4 is 20.0 Å². The third-order valence-corrected chi connectivity index (χ3v) is 5.78. The fourth-order valence-corrected chi connectivity index (χ4v) is 3.54. The first-order valence-electron chi connectivity index (χ1n) is 5.62. The summed E-state index contributed by atoms with van der Waals surface area (Å²) >= 11 is 0. The standard InChI is InChI=1S/C10H15N3O4S2/c1-11-18(14,15)9-2-4-10(5-3-9)19(16,17)13-8-6-12-7-8/h2-5,8,11-13H,6-7H2,1H3. The van der Waals surface area contributed by atoms with Gasteiger partial charge in [-0.05, 0) is 31.3 Å². The van der Waals surface area contributed by atoms with Crippen LogP contribution < -0.4 is 14.8 Å². The zero-order valence-corrected chi connectivity index (χ0v) is 11.9. The van der Waals surface area contributed by atoms with Crippen LogP contribution in [0.25, 0.3) is 0 Å². The Bertz CT molecular complexity index is 649. The molecule has 3 N–H and O–H groups in total. The minimum absolute atomic E-state index is 0.0271. The second kappa shape index (κ2) is 5.17. The molecule has 1 aromatic rings. The molecule has 0 radical (unpaired) electrons. The van der Waals surface area contributed by atoms with Crippen molar-refractivity contribution in [3.8, 4) is 0 Å². The molecule has 1 aliphatic rings. The van der Waals surface area contributed by atoms with E-state index in [1.165, 1.54) is 31.3 Å². The van der Waals surface area contributed by atoms with E-state index in [1.807, 2.05) is 0 Å². The van der Waals surface area contributed by atoms with E-state index in [0.29, 0.717) is 13.1 Å². The highest BCUT2D eigenvalue weighted by Crippen LogP contribution is 2.14. The Hall–Kier alpha value is -1.00. The van der Waals surface area contributed by atoms with Gasteiger partial charge in [-0.1, -0.05) is 0 Å². The van der Waals surface area contributed by atoms with Crippen molar-refractivity contribution in [3.05, 3.63) is 24.3 Å². The quantitative estimate of drug-likeness (QED) is 0.637. The summed E-state index contributed by atoms with van der Waals surface area (Å²) < 4.78 is 51.6. The third-order valence-electron chi connectivity index (χ3n) is 2.82. The number of nitrogens with one attached hydrogen (secondary N) is 3. The van der Waals surface area contributed by atoms with Gasteiger partial charge in [0.2, 0.25) is 20.0 Å². The molecule has 2 rings (SSSR count). The molecular formula is C10H15N3O4S2. The Morgan fingerprint density at radius 1 is 1.00 bits per heavy atom. The van der Waals surface area contributed by atoms with Gasteiger partial charge in [0.25, 0.3) is 0 Å². The fraction of sp³-hybridized carbons (Fsp3) is 0.400. The Labute approximate surface area is 112 Å². The first-order valence-corrected chi connectivity index (χ1v) is 8.58.